The Balaban J connectivity index is 1.91. The fourth-order valence-electron chi connectivity index (χ4n) is 3.90. The molecule has 0 aliphatic heterocycles. The Morgan fingerprint density at radius 2 is 1.70 bits per heavy atom. The van der Waals surface area contributed by atoms with Crippen molar-refractivity contribution in [1.82, 2.24) is 4.57 Å². The zero-order valence-corrected chi connectivity index (χ0v) is 19.6. The Kier molecular flexibility index (Phi) is 6.37. The van der Waals surface area contributed by atoms with Gasteiger partial charge in [0.15, 0.2) is 16.9 Å². The lowest BCUT2D eigenvalue weighted by atomic mass is 10.1. The van der Waals surface area contributed by atoms with Gasteiger partial charge in [-0.25, -0.2) is 0 Å². The number of fused-ring (bicyclic) bond motifs is 1. The molecule has 0 saturated heterocycles. The molecule has 0 aliphatic rings. The van der Waals surface area contributed by atoms with Gasteiger partial charge in [-0.1, -0.05) is 18.2 Å². The predicted molar refractivity (Wildman–Crippen MR) is 131 cm³/mol. The van der Waals surface area contributed by atoms with Crippen molar-refractivity contribution in [2.45, 2.75) is 13.5 Å². The van der Waals surface area contributed by atoms with Gasteiger partial charge in [-0.05, 0) is 42.6 Å². The number of pyridine rings is 1. The summed E-state index contributed by atoms with van der Waals surface area (Å²) in [6, 6.07) is 14.3. The highest BCUT2D eigenvalue weighted by Crippen LogP contribution is 2.39. The van der Waals surface area contributed by atoms with Gasteiger partial charge in [0.2, 0.25) is 5.75 Å². The normalized spacial score (nSPS) is 10.8. The highest BCUT2D eigenvalue weighted by molar-refractivity contribution is 7.13. The molecule has 0 unspecified atom stereocenters. The number of nitrogens with zero attached hydrogens (tertiary/aromatic N) is 1. The number of hydrogen-bond acceptors (Lipinski definition) is 6. The number of aryl methyl sites for hydroxylation is 1. The second kappa shape index (κ2) is 9.38. The average molecular weight is 465 g/mol. The van der Waals surface area contributed by atoms with Crippen LogP contribution in [0.3, 0.4) is 0 Å². The molecule has 0 fully saturated rings. The summed E-state index contributed by atoms with van der Waals surface area (Å²) in [7, 11) is 4.49. The summed E-state index contributed by atoms with van der Waals surface area (Å²) in [5.41, 5.74) is 1.40. The Labute approximate surface area is 195 Å². The minimum absolute atomic E-state index is 0.127. The van der Waals surface area contributed by atoms with Crippen LogP contribution in [0.15, 0.2) is 58.7 Å². The summed E-state index contributed by atoms with van der Waals surface area (Å²) in [4.78, 5) is 27.7. The summed E-state index contributed by atoms with van der Waals surface area (Å²) in [5.74, 6) is 1.18. The van der Waals surface area contributed by atoms with Crippen LogP contribution in [0.5, 0.6) is 17.2 Å². The molecule has 33 heavy (non-hydrogen) atoms. The molecular weight excluding hydrogens is 440 g/mol. The van der Waals surface area contributed by atoms with E-state index >= 15 is 0 Å². The summed E-state index contributed by atoms with van der Waals surface area (Å²) < 4.78 is 18.1. The fraction of sp³-hybridized carbons (Fsp3) is 0.200. The smallest absolute Gasteiger partial charge is 0.257 e. The molecule has 0 bridgehead atoms. The second-order valence-electron chi connectivity index (χ2n) is 7.16. The van der Waals surface area contributed by atoms with Crippen molar-refractivity contribution in [3.8, 4) is 27.7 Å². The van der Waals surface area contributed by atoms with E-state index in [1.54, 1.807) is 12.1 Å². The number of thiophene rings is 1. The molecule has 2 aromatic carbocycles. The van der Waals surface area contributed by atoms with E-state index in [0.717, 1.165) is 10.4 Å². The maximum absolute atomic E-state index is 13.5. The topological polar surface area (TPSA) is 78.8 Å². The molecule has 0 radical (unpaired) electrons. The molecule has 170 valence electrons. The number of para-hydroxylation sites is 1. The largest absolute Gasteiger partial charge is 0.493 e. The van der Waals surface area contributed by atoms with Crippen molar-refractivity contribution < 1.29 is 19.0 Å². The van der Waals surface area contributed by atoms with Gasteiger partial charge >= 0.3 is 0 Å². The number of methoxy groups -OCH3 is 3. The molecule has 7 nitrogen and oxygen atoms in total. The number of ether oxygens (including phenoxy) is 3. The molecule has 4 rings (SSSR count). The van der Waals surface area contributed by atoms with Crippen molar-refractivity contribution in [3.63, 3.8) is 0 Å². The number of carbonyl (C=O) groups excluding carboxylic acids is 1. The van der Waals surface area contributed by atoms with Crippen LogP contribution >= 0.6 is 11.3 Å². The Morgan fingerprint density at radius 3 is 2.27 bits per heavy atom. The lowest BCUT2D eigenvalue weighted by molar-refractivity contribution is 0.102. The lowest BCUT2D eigenvalue weighted by Gasteiger charge is -2.20. The third-order valence-corrected chi connectivity index (χ3v) is 6.30. The van der Waals surface area contributed by atoms with Gasteiger partial charge in [0.25, 0.3) is 5.91 Å². The van der Waals surface area contributed by atoms with Gasteiger partial charge in [-0.15, -0.1) is 11.3 Å². The van der Waals surface area contributed by atoms with E-state index in [-0.39, 0.29) is 5.43 Å². The number of hydrogen-bond donors (Lipinski definition) is 1. The maximum Gasteiger partial charge on any atom is 0.257 e. The first-order valence-electron chi connectivity index (χ1n) is 10.3. The number of anilines is 1. The average Bonchev–Trinajstić information content (AvgIpc) is 3.37. The molecule has 1 N–H and O–H groups in total. The molecule has 4 aromatic rings. The van der Waals surface area contributed by atoms with E-state index in [4.69, 9.17) is 14.2 Å². The van der Waals surface area contributed by atoms with E-state index in [0.29, 0.717) is 46.1 Å². The van der Waals surface area contributed by atoms with Crippen LogP contribution in [0, 0.1) is 0 Å². The van der Waals surface area contributed by atoms with Gasteiger partial charge in [-0.3, -0.25) is 9.59 Å². The monoisotopic (exact) mass is 464 g/mol. The minimum atomic E-state index is -0.399. The van der Waals surface area contributed by atoms with Crippen molar-refractivity contribution in [3.05, 3.63) is 69.7 Å². The Morgan fingerprint density at radius 1 is 1.00 bits per heavy atom. The number of nitrogens with one attached hydrogen (secondary N) is 1. The first kappa shape index (κ1) is 22.4. The number of aromatic nitrogens is 1. The van der Waals surface area contributed by atoms with Gasteiger partial charge in [-0.2, -0.15) is 0 Å². The van der Waals surface area contributed by atoms with Crippen molar-refractivity contribution >= 4 is 34.0 Å². The summed E-state index contributed by atoms with van der Waals surface area (Å²) in [6.07, 6.45) is 0. The van der Waals surface area contributed by atoms with Crippen LogP contribution in [0.1, 0.15) is 17.3 Å². The molecule has 2 heterocycles. The van der Waals surface area contributed by atoms with Gasteiger partial charge in [0, 0.05) is 22.4 Å². The molecule has 0 saturated carbocycles. The maximum atomic E-state index is 13.5. The van der Waals surface area contributed by atoms with E-state index in [9.17, 15) is 9.59 Å². The minimum Gasteiger partial charge on any atom is -0.493 e. The number of amides is 1. The van der Waals surface area contributed by atoms with Crippen molar-refractivity contribution in [1.29, 1.82) is 0 Å². The second-order valence-corrected chi connectivity index (χ2v) is 8.11. The van der Waals surface area contributed by atoms with E-state index in [1.807, 2.05) is 53.3 Å². The predicted octanol–water partition coefficient (Wildman–Crippen LogP) is 5.03. The van der Waals surface area contributed by atoms with Crippen molar-refractivity contribution in [2.75, 3.05) is 26.6 Å². The molecule has 0 atom stereocenters. The lowest BCUT2D eigenvalue weighted by Crippen LogP contribution is -2.22. The molecular formula is C25H24N2O5S. The molecule has 8 heteroatoms. The number of rotatable bonds is 7. The zero-order chi connectivity index (χ0) is 23.5. The summed E-state index contributed by atoms with van der Waals surface area (Å²) >= 11 is 1.45. The SMILES string of the molecule is CCn1c(NC(=O)c2cc(OC)c(OC)c(OC)c2)c(-c2cccs2)c(=O)c2ccccc21. The van der Waals surface area contributed by atoms with Crippen LogP contribution in [-0.2, 0) is 6.54 Å². The van der Waals surface area contributed by atoms with Crippen LogP contribution in [-0.4, -0.2) is 31.8 Å². The fourth-order valence-corrected chi connectivity index (χ4v) is 4.67. The third-order valence-electron chi connectivity index (χ3n) is 5.42. The van der Waals surface area contributed by atoms with Gasteiger partial charge < -0.3 is 24.1 Å². The summed E-state index contributed by atoms with van der Waals surface area (Å²) in [5, 5.41) is 5.50. The first-order valence-corrected chi connectivity index (χ1v) is 11.2. The van der Waals surface area contributed by atoms with Gasteiger partial charge in [0.1, 0.15) is 5.82 Å². The quantitative estimate of drug-likeness (QED) is 0.415. The standard InChI is InChI=1S/C25H24N2O5S/c1-5-27-17-10-7-6-9-16(17)22(28)21(20-11-8-12-33-20)24(27)26-25(29)15-13-18(30-2)23(32-4)19(14-15)31-3/h6-14H,5H2,1-4H3,(H,26,29). The van der Waals surface area contributed by atoms with Gasteiger partial charge in [0.05, 0.1) is 32.4 Å². The molecule has 2 aromatic heterocycles. The van der Waals surface area contributed by atoms with Crippen LogP contribution in [0.25, 0.3) is 21.3 Å². The van der Waals surface area contributed by atoms with E-state index < -0.39 is 5.91 Å². The summed E-state index contributed by atoms with van der Waals surface area (Å²) in [6.45, 7) is 2.54. The van der Waals surface area contributed by atoms with E-state index in [1.165, 1.54) is 32.7 Å². The Hall–Kier alpha value is -3.78. The zero-order valence-electron chi connectivity index (χ0n) is 18.8. The molecule has 0 aliphatic carbocycles. The Bertz CT molecular complexity index is 1350. The highest BCUT2D eigenvalue weighted by atomic mass is 32.1. The molecule has 0 spiro atoms. The number of benzene rings is 2. The van der Waals surface area contributed by atoms with Crippen LogP contribution in [0.2, 0.25) is 0 Å². The van der Waals surface area contributed by atoms with Crippen LogP contribution in [0.4, 0.5) is 5.82 Å². The third kappa shape index (κ3) is 3.93. The molecule has 1 amide bonds. The first-order chi connectivity index (χ1) is 16.0. The number of carbonyl (C=O) groups is 1. The van der Waals surface area contributed by atoms with Crippen LogP contribution < -0.4 is 25.0 Å². The van der Waals surface area contributed by atoms with E-state index in [2.05, 4.69) is 5.32 Å². The van der Waals surface area contributed by atoms with Crippen molar-refractivity contribution in [2.24, 2.45) is 0 Å². The highest BCUT2D eigenvalue weighted by Gasteiger charge is 2.22.